The van der Waals surface area contributed by atoms with Crippen LogP contribution in [0.1, 0.15) is 30.0 Å². The molecule has 1 aliphatic rings. The summed E-state index contributed by atoms with van der Waals surface area (Å²) in [6.07, 6.45) is 2.93. The lowest BCUT2D eigenvalue weighted by Crippen LogP contribution is -2.34. The molecule has 0 saturated heterocycles. The first kappa shape index (κ1) is 14.9. The first-order valence-electron chi connectivity index (χ1n) is 7.24. The van der Waals surface area contributed by atoms with Gasteiger partial charge in [-0.15, -0.1) is 0 Å². The molecule has 5 heteroatoms. The van der Waals surface area contributed by atoms with E-state index in [1.807, 2.05) is 18.2 Å². The van der Waals surface area contributed by atoms with Gasteiger partial charge in [-0.1, -0.05) is 41.9 Å². The maximum Gasteiger partial charge on any atom is 0.319 e. The molecule has 114 valence electrons. The Balaban J connectivity index is 1.72. The number of anilines is 1. The van der Waals surface area contributed by atoms with E-state index in [1.165, 1.54) is 17.7 Å². The zero-order chi connectivity index (χ0) is 15.5. The normalized spacial score (nSPS) is 16.7. The molecule has 3 rings (SSSR count). The fourth-order valence-electron chi connectivity index (χ4n) is 2.82. The number of hydrogen-bond donors (Lipinski definition) is 2. The highest BCUT2D eigenvalue weighted by Crippen LogP contribution is 2.29. The number of hydrogen-bond acceptors (Lipinski definition) is 1. The van der Waals surface area contributed by atoms with Crippen molar-refractivity contribution in [3.05, 3.63) is 64.4 Å². The molecule has 1 atom stereocenters. The van der Waals surface area contributed by atoms with Crippen molar-refractivity contribution in [3.63, 3.8) is 0 Å². The number of nitrogens with one attached hydrogen (secondary N) is 2. The van der Waals surface area contributed by atoms with E-state index < -0.39 is 11.8 Å². The van der Waals surface area contributed by atoms with Crippen molar-refractivity contribution in [2.24, 2.45) is 0 Å². The number of fused-ring (bicyclic) bond motifs is 1. The van der Waals surface area contributed by atoms with Gasteiger partial charge in [0.25, 0.3) is 0 Å². The Labute approximate surface area is 133 Å². The molecule has 0 aliphatic heterocycles. The van der Waals surface area contributed by atoms with Gasteiger partial charge in [0.05, 0.1) is 16.8 Å². The maximum absolute atomic E-state index is 13.8. The third-order valence-electron chi connectivity index (χ3n) is 3.87. The van der Waals surface area contributed by atoms with Gasteiger partial charge < -0.3 is 10.6 Å². The van der Waals surface area contributed by atoms with Crippen LogP contribution in [0, 0.1) is 5.82 Å². The second kappa shape index (κ2) is 6.36. The number of benzene rings is 2. The molecule has 0 bridgehead atoms. The second-order valence-electron chi connectivity index (χ2n) is 5.34. The van der Waals surface area contributed by atoms with Gasteiger partial charge >= 0.3 is 6.03 Å². The topological polar surface area (TPSA) is 41.1 Å². The minimum Gasteiger partial charge on any atom is -0.331 e. The number of carbonyl (C=O) groups is 1. The van der Waals surface area contributed by atoms with Gasteiger partial charge in [0.1, 0.15) is 0 Å². The predicted octanol–water partition coefficient (Wildman–Crippen LogP) is 4.68. The van der Waals surface area contributed by atoms with Crippen molar-refractivity contribution in [2.75, 3.05) is 5.32 Å². The van der Waals surface area contributed by atoms with Gasteiger partial charge in [-0.3, -0.25) is 0 Å². The van der Waals surface area contributed by atoms with E-state index in [0.717, 1.165) is 24.8 Å². The average Bonchev–Trinajstić information content (AvgIpc) is 2.52. The Hall–Kier alpha value is -2.07. The van der Waals surface area contributed by atoms with Crippen LogP contribution >= 0.6 is 11.6 Å². The van der Waals surface area contributed by atoms with Gasteiger partial charge in [0.2, 0.25) is 0 Å². The van der Waals surface area contributed by atoms with Gasteiger partial charge in [-0.2, -0.15) is 0 Å². The highest BCUT2D eigenvalue weighted by molar-refractivity contribution is 6.31. The first-order valence-corrected chi connectivity index (χ1v) is 7.62. The van der Waals surface area contributed by atoms with Crippen LogP contribution in [0.5, 0.6) is 0 Å². The Morgan fingerprint density at radius 2 is 2.00 bits per heavy atom. The van der Waals surface area contributed by atoms with E-state index in [-0.39, 0.29) is 16.8 Å². The molecule has 0 saturated carbocycles. The quantitative estimate of drug-likeness (QED) is 0.829. The average molecular weight is 319 g/mol. The summed E-state index contributed by atoms with van der Waals surface area (Å²) in [6.45, 7) is 0. The van der Waals surface area contributed by atoms with E-state index in [0.29, 0.717) is 0 Å². The molecule has 3 nitrogen and oxygen atoms in total. The number of carbonyl (C=O) groups excluding carboxylic acids is 1. The molecular formula is C17H16ClFN2O. The lowest BCUT2D eigenvalue weighted by atomic mass is 9.88. The zero-order valence-corrected chi connectivity index (χ0v) is 12.7. The van der Waals surface area contributed by atoms with Crippen molar-refractivity contribution in [1.82, 2.24) is 5.32 Å². The molecule has 0 spiro atoms. The Morgan fingerprint density at radius 1 is 1.18 bits per heavy atom. The minimum absolute atomic E-state index is 0.0131. The van der Waals surface area contributed by atoms with Crippen molar-refractivity contribution < 1.29 is 9.18 Å². The Morgan fingerprint density at radius 3 is 2.86 bits per heavy atom. The number of rotatable bonds is 2. The third-order valence-corrected chi connectivity index (χ3v) is 4.17. The van der Waals surface area contributed by atoms with Crippen LogP contribution < -0.4 is 10.6 Å². The van der Waals surface area contributed by atoms with Crippen LogP contribution in [0.3, 0.4) is 0 Å². The van der Waals surface area contributed by atoms with Crippen molar-refractivity contribution >= 4 is 23.3 Å². The highest BCUT2D eigenvalue weighted by atomic mass is 35.5. The fourth-order valence-corrected chi connectivity index (χ4v) is 3.00. The van der Waals surface area contributed by atoms with Crippen LogP contribution in [0.4, 0.5) is 14.9 Å². The van der Waals surface area contributed by atoms with Crippen LogP contribution in [0.15, 0.2) is 42.5 Å². The molecule has 2 N–H and O–H groups in total. The van der Waals surface area contributed by atoms with E-state index >= 15 is 0 Å². The molecule has 0 radical (unpaired) electrons. The molecule has 1 unspecified atom stereocenters. The lowest BCUT2D eigenvalue weighted by molar-refractivity contribution is 0.247. The number of amides is 2. The van der Waals surface area contributed by atoms with E-state index in [4.69, 9.17) is 11.6 Å². The number of aryl methyl sites for hydroxylation is 1. The summed E-state index contributed by atoms with van der Waals surface area (Å²) >= 11 is 5.71. The third kappa shape index (κ3) is 3.07. The molecule has 2 amide bonds. The minimum atomic E-state index is -0.622. The summed E-state index contributed by atoms with van der Waals surface area (Å²) in [5.41, 5.74) is 2.47. The van der Waals surface area contributed by atoms with Gasteiger partial charge in [-0.05, 0) is 42.5 Å². The van der Waals surface area contributed by atoms with Crippen LogP contribution in [-0.4, -0.2) is 6.03 Å². The van der Waals surface area contributed by atoms with E-state index in [9.17, 15) is 9.18 Å². The molecule has 22 heavy (non-hydrogen) atoms. The summed E-state index contributed by atoms with van der Waals surface area (Å²) in [5.74, 6) is -0.622. The summed E-state index contributed by atoms with van der Waals surface area (Å²) in [6, 6.07) is 12.1. The molecule has 0 aromatic heterocycles. The smallest absolute Gasteiger partial charge is 0.319 e. The van der Waals surface area contributed by atoms with Crippen LogP contribution in [0.25, 0.3) is 0 Å². The Kier molecular flexibility index (Phi) is 4.29. The fraction of sp³-hybridized carbons (Fsp3) is 0.235. The number of halogens is 2. The molecule has 0 fully saturated rings. The van der Waals surface area contributed by atoms with Crippen molar-refractivity contribution in [1.29, 1.82) is 0 Å². The molecule has 0 heterocycles. The van der Waals surface area contributed by atoms with E-state index in [2.05, 4.69) is 16.7 Å². The molecule has 2 aromatic rings. The largest absolute Gasteiger partial charge is 0.331 e. The summed E-state index contributed by atoms with van der Waals surface area (Å²) < 4.78 is 13.8. The predicted molar refractivity (Wildman–Crippen MR) is 85.7 cm³/mol. The van der Waals surface area contributed by atoms with Gasteiger partial charge in [-0.25, -0.2) is 9.18 Å². The van der Waals surface area contributed by atoms with E-state index in [1.54, 1.807) is 6.07 Å². The Bertz CT molecular complexity index is 705. The standard InChI is InChI=1S/C17H16ClFN2O/c18-13-8-4-10-15(16(13)19)21-17(22)20-14-9-3-6-11-5-1-2-7-12(11)14/h1-2,4-5,7-8,10,14H,3,6,9H2,(H2,20,21,22). The molecule has 1 aliphatic carbocycles. The second-order valence-corrected chi connectivity index (χ2v) is 5.75. The maximum atomic E-state index is 13.8. The lowest BCUT2D eigenvalue weighted by Gasteiger charge is -2.26. The van der Waals surface area contributed by atoms with Crippen LogP contribution in [0.2, 0.25) is 5.02 Å². The molecular weight excluding hydrogens is 303 g/mol. The van der Waals surface area contributed by atoms with Crippen molar-refractivity contribution in [2.45, 2.75) is 25.3 Å². The monoisotopic (exact) mass is 318 g/mol. The van der Waals surface area contributed by atoms with Gasteiger partial charge in [0, 0.05) is 0 Å². The highest BCUT2D eigenvalue weighted by Gasteiger charge is 2.21. The van der Waals surface area contributed by atoms with Crippen molar-refractivity contribution in [3.8, 4) is 0 Å². The molecule has 2 aromatic carbocycles. The SMILES string of the molecule is O=C(Nc1cccc(Cl)c1F)NC1CCCc2ccccc21. The van der Waals surface area contributed by atoms with Gasteiger partial charge in [0.15, 0.2) is 5.82 Å². The van der Waals surface area contributed by atoms with Crippen LogP contribution in [-0.2, 0) is 6.42 Å². The first-order chi connectivity index (χ1) is 10.6. The number of urea groups is 1. The summed E-state index contributed by atoms with van der Waals surface area (Å²) in [4.78, 5) is 12.1. The zero-order valence-electron chi connectivity index (χ0n) is 11.9. The summed E-state index contributed by atoms with van der Waals surface area (Å²) in [7, 11) is 0. The summed E-state index contributed by atoms with van der Waals surface area (Å²) in [5, 5.41) is 5.42.